The first-order valence-electron chi connectivity index (χ1n) is 4.54. The van der Waals surface area contributed by atoms with Crippen molar-refractivity contribution in [2.75, 3.05) is 0 Å². The molecule has 15 heavy (non-hydrogen) atoms. The van der Waals surface area contributed by atoms with E-state index in [1.807, 2.05) is 20.8 Å². The highest BCUT2D eigenvalue weighted by Crippen LogP contribution is 2.03. The zero-order valence-electron chi connectivity index (χ0n) is 8.92. The van der Waals surface area contributed by atoms with E-state index in [0.29, 0.717) is 0 Å². The average molecular weight is 210 g/mol. The van der Waals surface area contributed by atoms with E-state index in [0.717, 1.165) is 12.3 Å². The standard InChI is InChI=1S/C10H14N2O3/c1-10(2,3)12-9(15)6-4-7(13)8(14)5-11-6/h4-5,14H,1-3H3,(H,11,13)(H,12,15). The first-order valence-corrected chi connectivity index (χ1v) is 4.54. The van der Waals surface area contributed by atoms with Crippen LogP contribution in [0.15, 0.2) is 17.1 Å². The smallest absolute Gasteiger partial charge is 0.268 e. The Labute approximate surface area is 87.1 Å². The molecule has 0 fully saturated rings. The fourth-order valence-electron chi connectivity index (χ4n) is 1.00. The van der Waals surface area contributed by atoms with Gasteiger partial charge >= 0.3 is 0 Å². The molecule has 0 aliphatic carbocycles. The number of nitrogens with one attached hydrogen (secondary N) is 2. The number of pyridine rings is 1. The van der Waals surface area contributed by atoms with E-state index in [1.165, 1.54) is 0 Å². The molecule has 82 valence electrons. The van der Waals surface area contributed by atoms with Gasteiger partial charge in [0.1, 0.15) is 5.69 Å². The van der Waals surface area contributed by atoms with Gasteiger partial charge in [0.25, 0.3) is 5.91 Å². The predicted octanol–water partition coefficient (Wildman–Crippen LogP) is 0.609. The van der Waals surface area contributed by atoms with Gasteiger partial charge < -0.3 is 15.4 Å². The maximum Gasteiger partial charge on any atom is 0.268 e. The van der Waals surface area contributed by atoms with Gasteiger partial charge in [-0.1, -0.05) is 0 Å². The lowest BCUT2D eigenvalue weighted by Crippen LogP contribution is -2.41. The number of amides is 1. The number of hydrogen-bond acceptors (Lipinski definition) is 3. The molecule has 0 aromatic carbocycles. The Morgan fingerprint density at radius 1 is 1.47 bits per heavy atom. The molecular formula is C10H14N2O3. The minimum atomic E-state index is -0.576. The van der Waals surface area contributed by atoms with Gasteiger partial charge in [0.2, 0.25) is 5.43 Å². The van der Waals surface area contributed by atoms with E-state index in [9.17, 15) is 9.59 Å². The molecule has 3 N–H and O–H groups in total. The Balaban J connectivity index is 2.93. The largest absolute Gasteiger partial charge is 0.503 e. The first-order chi connectivity index (χ1) is 6.79. The molecule has 0 spiro atoms. The Morgan fingerprint density at radius 3 is 2.53 bits per heavy atom. The third-order valence-electron chi connectivity index (χ3n) is 1.63. The van der Waals surface area contributed by atoms with Crippen LogP contribution in [0.3, 0.4) is 0 Å². The monoisotopic (exact) mass is 210 g/mol. The quantitative estimate of drug-likeness (QED) is 0.635. The van der Waals surface area contributed by atoms with Crippen molar-refractivity contribution in [3.63, 3.8) is 0 Å². The van der Waals surface area contributed by atoms with Crippen LogP contribution in [0.4, 0.5) is 0 Å². The molecule has 0 aliphatic rings. The van der Waals surface area contributed by atoms with Crippen LogP contribution < -0.4 is 10.7 Å². The summed E-state index contributed by atoms with van der Waals surface area (Å²) in [4.78, 5) is 25.2. The number of hydrogen-bond donors (Lipinski definition) is 3. The van der Waals surface area contributed by atoms with Gasteiger partial charge in [-0.25, -0.2) is 0 Å². The van der Waals surface area contributed by atoms with Crippen LogP contribution in [0.2, 0.25) is 0 Å². The van der Waals surface area contributed by atoms with Crippen molar-refractivity contribution in [1.29, 1.82) is 0 Å². The molecule has 1 heterocycles. The highest BCUT2D eigenvalue weighted by molar-refractivity contribution is 5.92. The van der Waals surface area contributed by atoms with Crippen molar-refractivity contribution in [2.45, 2.75) is 26.3 Å². The summed E-state index contributed by atoms with van der Waals surface area (Å²) in [5, 5.41) is 11.7. The first kappa shape index (κ1) is 11.3. The van der Waals surface area contributed by atoms with Crippen LogP contribution in [-0.2, 0) is 0 Å². The summed E-state index contributed by atoms with van der Waals surface area (Å²) in [6, 6.07) is 1.07. The Hall–Kier alpha value is -1.78. The van der Waals surface area contributed by atoms with E-state index in [2.05, 4.69) is 10.3 Å². The third-order valence-corrected chi connectivity index (χ3v) is 1.63. The van der Waals surface area contributed by atoms with Gasteiger partial charge in [0.15, 0.2) is 5.75 Å². The second kappa shape index (κ2) is 3.76. The molecule has 1 aromatic heterocycles. The van der Waals surface area contributed by atoms with Crippen LogP contribution in [0.5, 0.6) is 5.75 Å². The lowest BCUT2D eigenvalue weighted by Gasteiger charge is -2.20. The molecule has 0 atom stereocenters. The van der Waals surface area contributed by atoms with Crippen LogP contribution >= 0.6 is 0 Å². The fraction of sp³-hybridized carbons (Fsp3) is 0.400. The number of carbonyl (C=O) groups is 1. The second-order valence-electron chi connectivity index (χ2n) is 4.30. The SMILES string of the molecule is CC(C)(C)NC(=O)c1cc(=O)c(O)c[nH]1. The molecule has 1 aromatic rings. The highest BCUT2D eigenvalue weighted by Gasteiger charge is 2.16. The van der Waals surface area contributed by atoms with Crippen LogP contribution in [0.25, 0.3) is 0 Å². The zero-order chi connectivity index (χ0) is 11.6. The van der Waals surface area contributed by atoms with E-state index >= 15 is 0 Å². The molecule has 0 saturated carbocycles. The highest BCUT2D eigenvalue weighted by atomic mass is 16.3. The van der Waals surface area contributed by atoms with Crippen LogP contribution in [0, 0.1) is 0 Å². The molecule has 0 unspecified atom stereocenters. The van der Waals surface area contributed by atoms with Gasteiger partial charge in [-0.05, 0) is 20.8 Å². The van der Waals surface area contributed by atoms with Crippen molar-refractivity contribution in [2.24, 2.45) is 0 Å². The van der Waals surface area contributed by atoms with Crippen molar-refractivity contribution in [1.82, 2.24) is 10.3 Å². The van der Waals surface area contributed by atoms with Crippen molar-refractivity contribution < 1.29 is 9.90 Å². The normalized spacial score (nSPS) is 11.1. The molecule has 1 amide bonds. The molecule has 0 bridgehead atoms. The minimum Gasteiger partial charge on any atom is -0.503 e. The third kappa shape index (κ3) is 3.12. The van der Waals surface area contributed by atoms with Crippen LogP contribution in [-0.4, -0.2) is 21.5 Å². The molecule has 0 radical (unpaired) electrons. The van der Waals surface area contributed by atoms with Gasteiger partial charge in [-0.3, -0.25) is 9.59 Å². The summed E-state index contributed by atoms with van der Waals surface area (Å²) in [7, 11) is 0. The fourth-order valence-corrected chi connectivity index (χ4v) is 1.00. The number of aromatic nitrogens is 1. The summed E-state index contributed by atoms with van der Waals surface area (Å²) >= 11 is 0. The molecule has 0 saturated heterocycles. The summed E-state index contributed by atoms with van der Waals surface area (Å²) in [6.45, 7) is 5.51. The van der Waals surface area contributed by atoms with Gasteiger partial charge in [-0.15, -0.1) is 0 Å². The maximum absolute atomic E-state index is 11.6. The van der Waals surface area contributed by atoms with Crippen molar-refractivity contribution >= 4 is 5.91 Å². The summed E-state index contributed by atoms with van der Waals surface area (Å²) < 4.78 is 0. The molecule has 0 aliphatic heterocycles. The van der Waals surface area contributed by atoms with E-state index in [1.54, 1.807) is 0 Å². The predicted molar refractivity (Wildman–Crippen MR) is 55.9 cm³/mol. The topological polar surface area (TPSA) is 82.2 Å². The van der Waals surface area contributed by atoms with Crippen molar-refractivity contribution in [3.8, 4) is 5.75 Å². The Morgan fingerprint density at radius 2 is 2.07 bits per heavy atom. The number of H-pyrrole nitrogens is 1. The maximum atomic E-state index is 11.6. The zero-order valence-corrected chi connectivity index (χ0v) is 8.92. The van der Waals surface area contributed by atoms with Crippen LogP contribution in [0.1, 0.15) is 31.3 Å². The minimum absolute atomic E-state index is 0.132. The number of rotatable bonds is 1. The lowest BCUT2D eigenvalue weighted by molar-refractivity contribution is 0.0914. The van der Waals surface area contributed by atoms with Gasteiger partial charge in [-0.2, -0.15) is 0 Å². The second-order valence-corrected chi connectivity index (χ2v) is 4.30. The van der Waals surface area contributed by atoms with E-state index < -0.39 is 11.2 Å². The van der Waals surface area contributed by atoms with Gasteiger partial charge in [0, 0.05) is 17.8 Å². The van der Waals surface area contributed by atoms with E-state index in [-0.39, 0.29) is 17.1 Å². The summed E-state index contributed by atoms with van der Waals surface area (Å²) in [5.74, 6) is -0.776. The summed E-state index contributed by atoms with van der Waals surface area (Å²) in [6.07, 6.45) is 1.10. The number of carbonyl (C=O) groups excluding carboxylic acids is 1. The molecular weight excluding hydrogens is 196 g/mol. The number of aromatic hydroxyl groups is 1. The number of aromatic amines is 1. The lowest BCUT2D eigenvalue weighted by atomic mass is 10.1. The van der Waals surface area contributed by atoms with E-state index in [4.69, 9.17) is 5.11 Å². The average Bonchev–Trinajstić information content (AvgIpc) is 2.06. The van der Waals surface area contributed by atoms with Crippen molar-refractivity contribution in [3.05, 3.63) is 28.2 Å². The Kier molecular flexibility index (Phi) is 2.83. The molecule has 5 heteroatoms. The Bertz CT molecular complexity index is 429. The van der Waals surface area contributed by atoms with Gasteiger partial charge in [0.05, 0.1) is 0 Å². The summed E-state index contributed by atoms with van der Waals surface area (Å²) in [5.41, 5.74) is -0.813. The molecule has 1 rings (SSSR count). The molecule has 5 nitrogen and oxygen atoms in total.